The van der Waals surface area contributed by atoms with Gasteiger partial charge in [0.25, 0.3) is 0 Å². The number of hydrogen-bond donors (Lipinski definition) is 4. The first-order valence-electron chi connectivity index (χ1n) is 7.92. The third kappa shape index (κ3) is 2.82. The lowest BCUT2D eigenvalue weighted by Crippen LogP contribution is -2.10. The second-order valence-corrected chi connectivity index (χ2v) is 5.80. The number of fused-ring (bicyclic) bond motifs is 1. The van der Waals surface area contributed by atoms with Gasteiger partial charge in [0.2, 0.25) is 0 Å². The van der Waals surface area contributed by atoms with Crippen molar-refractivity contribution in [3.05, 3.63) is 65.7 Å². The van der Waals surface area contributed by atoms with Gasteiger partial charge < -0.3 is 21.0 Å². The van der Waals surface area contributed by atoms with Gasteiger partial charge in [-0.2, -0.15) is 5.10 Å². The quantitative estimate of drug-likeness (QED) is 0.196. The molecule has 0 atom stereocenters. The van der Waals surface area contributed by atoms with Gasteiger partial charge in [0.15, 0.2) is 11.6 Å². The molecule has 0 spiro atoms. The summed E-state index contributed by atoms with van der Waals surface area (Å²) >= 11 is 0. The Hall–Kier alpha value is -3.87. The van der Waals surface area contributed by atoms with E-state index in [0.29, 0.717) is 17.1 Å². The number of nitrogens with one attached hydrogen (secondary N) is 2. The summed E-state index contributed by atoms with van der Waals surface area (Å²) < 4.78 is 5.94. The van der Waals surface area contributed by atoms with Crippen molar-refractivity contribution in [2.45, 2.75) is 0 Å². The molecule has 0 fully saturated rings. The molecule has 0 aliphatic carbocycles. The van der Waals surface area contributed by atoms with Crippen molar-refractivity contribution in [2.75, 3.05) is 0 Å². The van der Waals surface area contributed by atoms with Gasteiger partial charge in [-0.3, -0.25) is 5.41 Å². The van der Waals surface area contributed by atoms with Crippen LogP contribution in [0.3, 0.4) is 0 Å². The summed E-state index contributed by atoms with van der Waals surface area (Å²) in [4.78, 5) is 7.75. The normalized spacial score (nSPS) is 11.4. The highest BCUT2D eigenvalue weighted by molar-refractivity contribution is 5.98. The van der Waals surface area contributed by atoms with Gasteiger partial charge in [-0.15, -0.1) is 0 Å². The van der Waals surface area contributed by atoms with Crippen molar-refractivity contribution in [1.29, 1.82) is 5.41 Å². The molecular formula is C19H16N6O. The van der Waals surface area contributed by atoms with Crippen LogP contribution in [0.4, 0.5) is 0 Å². The van der Waals surface area contributed by atoms with Crippen LogP contribution in [-0.2, 0) is 0 Å². The molecular weight excluding hydrogens is 328 g/mol. The van der Waals surface area contributed by atoms with E-state index in [2.05, 4.69) is 15.1 Å². The predicted molar refractivity (Wildman–Crippen MR) is 102 cm³/mol. The molecule has 26 heavy (non-hydrogen) atoms. The number of aromatic nitrogens is 2. The molecule has 0 radical (unpaired) electrons. The third-order valence-electron chi connectivity index (χ3n) is 4.05. The summed E-state index contributed by atoms with van der Waals surface area (Å²) in [5.74, 6) is 7.17. The van der Waals surface area contributed by atoms with Crippen LogP contribution in [0.15, 0.2) is 64.1 Å². The molecule has 128 valence electrons. The minimum absolute atomic E-state index is 0.0199. The lowest BCUT2D eigenvalue weighted by Gasteiger charge is -1.98. The summed E-state index contributed by atoms with van der Waals surface area (Å²) in [5, 5.41) is 11.0. The number of furan rings is 1. The molecule has 6 N–H and O–H groups in total. The van der Waals surface area contributed by atoms with Gasteiger partial charge in [-0.1, -0.05) is 24.3 Å². The van der Waals surface area contributed by atoms with Crippen molar-refractivity contribution in [2.24, 2.45) is 16.7 Å². The van der Waals surface area contributed by atoms with E-state index in [9.17, 15) is 0 Å². The molecule has 0 saturated carbocycles. The molecule has 4 aromatic rings. The zero-order chi connectivity index (χ0) is 18.1. The molecule has 0 saturated heterocycles. The van der Waals surface area contributed by atoms with Gasteiger partial charge in [-0.05, 0) is 35.9 Å². The number of imidazole rings is 1. The van der Waals surface area contributed by atoms with Gasteiger partial charge >= 0.3 is 0 Å². The summed E-state index contributed by atoms with van der Waals surface area (Å²) in [6.07, 6.45) is 1.58. The smallest absolute Gasteiger partial charge is 0.174 e. The van der Waals surface area contributed by atoms with E-state index in [0.717, 1.165) is 27.9 Å². The number of nitrogen functional groups attached to an aromatic ring is 1. The van der Waals surface area contributed by atoms with Crippen LogP contribution in [0, 0.1) is 5.41 Å². The van der Waals surface area contributed by atoms with Gasteiger partial charge in [-0.25, -0.2) is 4.98 Å². The van der Waals surface area contributed by atoms with Crippen molar-refractivity contribution in [3.63, 3.8) is 0 Å². The fraction of sp³-hybridized carbons (Fsp3) is 0. The SMILES string of the molecule is N=C(N)c1ccc2nc(-c3ccc(-c4ccc(/C=N/N)cc4)o3)[nH]c2c1. The lowest BCUT2D eigenvalue weighted by atomic mass is 10.1. The van der Waals surface area contributed by atoms with Crippen molar-refractivity contribution >= 4 is 23.1 Å². The first-order valence-corrected chi connectivity index (χ1v) is 7.92. The molecule has 0 aliphatic rings. The second kappa shape index (κ2) is 6.21. The molecule has 0 unspecified atom stereocenters. The van der Waals surface area contributed by atoms with Crippen LogP contribution in [0.1, 0.15) is 11.1 Å². The van der Waals surface area contributed by atoms with E-state index < -0.39 is 0 Å². The Morgan fingerprint density at radius 1 is 1.08 bits per heavy atom. The van der Waals surface area contributed by atoms with Gasteiger partial charge in [0.1, 0.15) is 11.6 Å². The van der Waals surface area contributed by atoms with Crippen LogP contribution in [0.2, 0.25) is 0 Å². The zero-order valence-corrected chi connectivity index (χ0v) is 13.7. The van der Waals surface area contributed by atoms with Crippen LogP contribution >= 0.6 is 0 Å². The van der Waals surface area contributed by atoms with Gasteiger partial charge in [0, 0.05) is 11.1 Å². The fourth-order valence-corrected chi connectivity index (χ4v) is 2.73. The molecule has 2 aromatic carbocycles. The molecule has 2 aromatic heterocycles. The maximum atomic E-state index is 7.53. The number of nitrogens with two attached hydrogens (primary N) is 2. The first kappa shape index (κ1) is 15.6. The highest BCUT2D eigenvalue weighted by Crippen LogP contribution is 2.28. The standard InChI is InChI=1S/C19H16N6O/c20-18(21)13-5-6-14-15(9-13)25-19(24-14)17-8-7-16(26-17)12-3-1-11(2-4-12)10-23-22/h1-10H,22H2,(H3,20,21)(H,24,25)/b23-10+. The average molecular weight is 344 g/mol. The minimum Gasteiger partial charge on any atom is -0.453 e. The molecule has 7 heteroatoms. The largest absolute Gasteiger partial charge is 0.453 e. The molecule has 0 bridgehead atoms. The van der Waals surface area contributed by atoms with E-state index in [4.69, 9.17) is 21.4 Å². The van der Waals surface area contributed by atoms with E-state index in [-0.39, 0.29) is 5.84 Å². The second-order valence-electron chi connectivity index (χ2n) is 5.80. The van der Waals surface area contributed by atoms with Crippen molar-refractivity contribution < 1.29 is 4.42 Å². The number of nitrogens with zero attached hydrogens (tertiary/aromatic N) is 2. The number of benzene rings is 2. The molecule has 2 heterocycles. The Kier molecular flexibility index (Phi) is 3.74. The number of hydrogen-bond acceptors (Lipinski definition) is 5. The highest BCUT2D eigenvalue weighted by Gasteiger charge is 2.12. The maximum absolute atomic E-state index is 7.53. The van der Waals surface area contributed by atoms with Crippen molar-refractivity contribution in [3.8, 4) is 22.9 Å². The summed E-state index contributed by atoms with van der Waals surface area (Å²) in [7, 11) is 0. The number of aromatic amines is 1. The molecule has 4 rings (SSSR count). The number of hydrazone groups is 1. The average Bonchev–Trinajstić information content (AvgIpc) is 3.29. The predicted octanol–water partition coefficient (Wildman–Crippen LogP) is 3.07. The van der Waals surface area contributed by atoms with E-state index in [1.807, 2.05) is 42.5 Å². The van der Waals surface area contributed by atoms with Crippen LogP contribution in [-0.4, -0.2) is 22.0 Å². The van der Waals surface area contributed by atoms with Crippen LogP contribution in [0.5, 0.6) is 0 Å². The Balaban J connectivity index is 1.67. The maximum Gasteiger partial charge on any atom is 0.174 e. The lowest BCUT2D eigenvalue weighted by molar-refractivity contribution is 0.593. The number of amidine groups is 1. The van der Waals surface area contributed by atoms with E-state index >= 15 is 0 Å². The monoisotopic (exact) mass is 344 g/mol. The van der Waals surface area contributed by atoms with Crippen molar-refractivity contribution in [1.82, 2.24) is 9.97 Å². The van der Waals surface area contributed by atoms with Gasteiger partial charge in [0.05, 0.1) is 17.2 Å². The minimum atomic E-state index is 0.0199. The topological polar surface area (TPSA) is 130 Å². The number of H-pyrrole nitrogens is 1. The van der Waals surface area contributed by atoms with Crippen LogP contribution < -0.4 is 11.6 Å². The van der Waals surface area contributed by atoms with E-state index in [1.165, 1.54) is 0 Å². The summed E-state index contributed by atoms with van der Waals surface area (Å²) in [6, 6.07) is 16.9. The highest BCUT2D eigenvalue weighted by atomic mass is 16.3. The Bertz CT molecular complexity index is 1120. The Morgan fingerprint density at radius 2 is 1.85 bits per heavy atom. The zero-order valence-electron chi connectivity index (χ0n) is 13.7. The number of rotatable bonds is 4. The van der Waals surface area contributed by atoms with Crippen LogP contribution in [0.25, 0.3) is 33.9 Å². The molecule has 0 aliphatic heterocycles. The molecule has 7 nitrogen and oxygen atoms in total. The summed E-state index contributed by atoms with van der Waals surface area (Å²) in [5.41, 5.74) is 9.63. The fourth-order valence-electron chi connectivity index (χ4n) is 2.73. The third-order valence-corrected chi connectivity index (χ3v) is 4.05. The molecule has 0 amide bonds. The summed E-state index contributed by atoms with van der Waals surface area (Å²) in [6.45, 7) is 0. The Labute approximate surface area is 148 Å². The Morgan fingerprint density at radius 3 is 2.58 bits per heavy atom. The van der Waals surface area contributed by atoms with E-state index in [1.54, 1.807) is 18.3 Å². The first-order chi connectivity index (χ1) is 12.6.